The lowest BCUT2D eigenvalue weighted by atomic mass is 9.83. The molecule has 3 nitrogen and oxygen atoms in total. The van der Waals surface area contributed by atoms with Crippen molar-refractivity contribution in [3.63, 3.8) is 0 Å². The van der Waals surface area contributed by atoms with Gasteiger partial charge in [-0.05, 0) is 46.1 Å². The van der Waals surface area contributed by atoms with E-state index >= 15 is 0 Å². The number of benzene rings is 1. The zero-order valence-electron chi connectivity index (χ0n) is 13.3. The Morgan fingerprint density at radius 3 is 2.33 bits per heavy atom. The van der Waals surface area contributed by atoms with E-state index < -0.39 is 0 Å². The van der Waals surface area contributed by atoms with Crippen LogP contribution in [0.5, 0.6) is 0 Å². The average Bonchev–Trinajstić information content (AvgIpc) is 3.22. The second kappa shape index (κ2) is 4.69. The minimum atomic E-state index is -0.269. The van der Waals surface area contributed by atoms with Crippen LogP contribution in [0, 0.1) is 5.92 Å². The minimum Gasteiger partial charge on any atom is -0.478 e. The smallest absolute Gasteiger partial charge is 0.194 e. The molecule has 3 heteroatoms. The summed E-state index contributed by atoms with van der Waals surface area (Å²) in [6, 6.07) is 7.95. The summed E-state index contributed by atoms with van der Waals surface area (Å²) in [4.78, 5) is 16.8. The van der Waals surface area contributed by atoms with Gasteiger partial charge in [-0.1, -0.05) is 24.3 Å². The van der Waals surface area contributed by atoms with Crippen LogP contribution in [0.4, 0.5) is 0 Å². The highest BCUT2D eigenvalue weighted by atomic mass is 16.5. The monoisotopic (exact) mass is 285 g/mol. The molecule has 0 unspecified atom stereocenters. The first-order valence-electron chi connectivity index (χ1n) is 7.67. The highest BCUT2D eigenvalue weighted by Crippen LogP contribution is 2.34. The van der Waals surface area contributed by atoms with Crippen LogP contribution in [0.15, 0.2) is 29.3 Å². The molecule has 2 aliphatic rings. The van der Waals surface area contributed by atoms with Crippen molar-refractivity contribution < 1.29 is 9.53 Å². The molecule has 21 heavy (non-hydrogen) atoms. The molecule has 0 saturated heterocycles. The average molecular weight is 285 g/mol. The Balaban J connectivity index is 1.84. The molecule has 1 aromatic carbocycles. The molecule has 1 saturated carbocycles. The van der Waals surface area contributed by atoms with E-state index in [-0.39, 0.29) is 22.7 Å². The van der Waals surface area contributed by atoms with Gasteiger partial charge in [-0.3, -0.25) is 4.79 Å². The van der Waals surface area contributed by atoms with E-state index in [0.717, 1.165) is 29.9 Å². The van der Waals surface area contributed by atoms with Crippen LogP contribution < -0.4 is 0 Å². The van der Waals surface area contributed by atoms with Crippen molar-refractivity contribution in [3.8, 4) is 0 Å². The molecular weight excluding hydrogens is 262 g/mol. The highest BCUT2D eigenvalue weighted by molar-refractivity contribution is 5.99. The molecule has 0 aromatic heterocycles. The molecule has 1 aliphatic heterocycles. The number of carbonyl (C=O) groups is 1. The van der Waals surface area contributed by atoms with E-state index in [1.807, 2.05) is 24.3 Å². The zero-order valence-corrected chi connectivity index (χ0v) is 13.3. The quantitative estimate of drug-likeness (QED) is 0.790. The Morgan fingerprint density at radius 2 is 1.86 bits per heavy atom. The summed E-state index contributed by atoms with van der Waals surface area (Å²) in [7, 11) is 0. The van der Waals surface area contributed by atoms with E-state index in [9.17, 15) is 4.79 Å². The number of carbonyl (C=O) groups excluding carboxylic acids is 1. The van der Waals surface area contributed by atoms with Crippen LogP contribution in [-0.4, -0.2) is 23.8 Å². The number of ketones is 1. The first kappa shape index (κ1) is 14.3. The van der Waals surface area contributed by atoms with E-state index in [4.69, 9.17) is 9.73 Å². The molecule has 0 atom stereocenters. The Labute approximate surface area is 126 Å². The lowest BCUT2D eigenvalue weighted by Crippen LogP contribution is -2.29. The number of rotatable bonds is 4. The fourth-order valence-corrected chi connectivity index (χ4v) is 2.66. The molecule has 0 N–H and O–H groups in total. The molecule has 0 spiro atoms. The third-order valence-corrected chi connectivity index (χ3v) is 4.34. The molecule has 1 aromatic rings. The van der Waals surface area contributed by atoms with Gasteiger partial charge in [-0.2, -0.15) is 0 Å². The minimum absolute atomic E-state index is 0.144. The van der Waals surface area contributed by atoms with Gasteiger partial charge in [-0.15, -0.1) is 0 Å². The first-order chi connectivity index (χ1) is 9.79. The largest absolute Gasteiger partial charge is 0.478 e. The van der Waals surface area contributed by atoms with Crippen LogP contribution >= 0.6 is 0 Å². The lowest BCUT2D eigenvalue weighted by molar-refractivity contribution is 0.0967. The van der Waals surface area contributed by atoms with Crippen LogP contribution in [-0.2, 0) is 10.2 Å². The maximum absolute atomic E-state index is 12.1. The number of hydrogen-bond acceptors (Lipinski definition) is 3. The third-order valence-electron chi connectivity index (χ3n) is 4.34. The zero-order chi connectivity index (χ0) is 15.3. The summed E-state index contributed by atoms with van der Waals surface area (Å²) in [6.07, 6.45) is 2.09. The van der Waals surface area contributed by atoms with Gasteiger partial charge < -0.3 is 4.74 Å². The molecule has 0 amide bonds. The van der Waals surface area contributed by atoms with Gasteiger partial charge in [0.05, 0.1) is 11.0 Å². The van der Waals surface area contributed by atoms with E-state index in [0.29, 0.717) is 6.61 Å². The maximum atomic E-state index is 12.1. The lowest BCUT2D eigenvalue weighted by Gasteiger charge is -2.24. The molecule has 0 radical (unpaired) electrons. The Morgan fingerprint density at radius 1 is 1.24 bits per heavy atom. The number of Topliss-reactive ketones (excluding diaryl/α,β-unsaturated/α-hetero) is 1. The van der Waals surface area contributed by atoms with E-state index in [1.165, 1.54) is 0 Å². The summed E-state index contributed by atoms with van der Waals surface area (Å²) < 4.78 is 5.80. The number of aliphatic imine (C=N–C) groups is 1. The van der Waals surface area contributed by atoms with Crippen molar-refractivity contribution in [2.45, 2.75) is 51.5 Å². The summed E-state index contributed by atoms with van der Waals surface area (Å²) in [6.45, 7) is 9.01. The van der Waals surface area contributed by atoms with Crippen LogP contribution in [0.2, 0.25) is 0 Å². The van der Waals surface area contributed by atoms with E-state index in [2.05, 4.69) is 27.7 Å². The Kier molecular flexibility index (Phi) is 3.19. The number of ether oxygens (including phenoxy) is 1. The SMILES string of the molecule is CC1(C)COC(C(C)(C)c2ccc(C(=O)C3CC3)cc2)=N1. The van der Waals surface area contributed by atoms with Crippen molar-refractivity contribution in [3.05, 3.63) is 35.4 Å². The summed E-state index contributed by atoms with van der Waals surface area (Å²) in [5.41, 5.74) is 1.54. The molecule has 3 rings (SSSR count). The molecule has 1 aliphatic carbocycles. The van der Waals surface area contributed by atoms with Crippen LogP contribution in [0.1, 0.15) is 56.5 Å². The normalized spacial score (nSPS) is 20.9. The molecule has 112 valence electrons. The van der Waals surface area contributed by atoms with Gasteiger partial charge in [0.25, 0.3) is 0 Å². The van der Waals surface area contributed by atoms with Gasteiger partial charge >= 0.3 is 0 Å². The first-order valence-corrected chi connectivity index (χ1v) is 7.67. The van der Waals surface area contributed by atoms with Crippen LogP contribution in [0.25, 0.3) is 0 Å². The molecular formula is C18H23NO2. The van der Waals surface area contributed by atoms with Gasteiger partial charge in [-0.25, -0.2) is 4.99 Å². The number of hydrogen-bond donors (Lipinski definition) is 0. The van der Waals surface area contributed by atoms with Crippen molar-refractivity contribution in [2.24, 2.45) is 10.9 Å². The van der Waals surface area contributed by atoms with Crippen molar-refractivity contribution in [1.82, 2.24) is 0 Å². The van der Waals surface area contributed by atoms with Gasteiger partial charge in [0, 0.05) is 11.5 Å². The topological polar surface area (TPSA) is 38.7 Å². The Bertz CT molecular complexity index is 592. The van der Waals surface area contributed by atoms with Gasteiger partial charge in [0.15, 0.2) is 11.7 Å². The maximum Gasteiger partial charge on any atom is 0.194 e. The second-order valence-corrected chi connectivity index (χ2v) is 7.36. The molecule has 1 fully saturated rings. The summed E-state index contributed by atoms with van der Waals surface area (Å²) in [5, 5.41) is 0. The van der Waals surface area contributed by atoms with Gasteiger partial charge in [0.2, 0.25) is 0 Å². The second-order valence-electron chi connectivity index (χ2n) is 7.36. The van der Waals surface area contributed by atoms with E-state index in [1.54, 1.807) is 0 Å². The highest BCUT2D eigenvalue weighted by Gasteiger charge is 2.37. The van der Waals surface area contributed by atoms with Crippen molar-refractivity contribution in [2.75, 3.05) is 6.61 Å². The number of nitrogens with zero attached hydrogens (tertiary/aromatic N) is 1. The van der Waals surface area contributed by atoms with Crippen LogP contribution in [0.3, 0.4) is 0 Å². The van der Waals surface area contributed by atoms with Crippen molar-refractivity contribution in [1.29, 1.82) is 0 Å². The third kappa shape index (κ3) is 2.74. The fraction of sp³-hybridized carbons (Fsp3) is 0.556. The Hall–Kier alpha value is -1.64. The predicted molar refractivity (Wildman–Crippen MR) is 84.0 cm³/mol. The fourth-order valence-electron chi connectivity index (χ4n) is 2.66. The summed E-state index contributed by atoms with van der Waals surface area (Å²) in [5.74, 6) is 1.34. The molecule has 0 bridgehead atoms. The predicted octanol–water partition coefficient (Wildman–Crippen LogP) is 3.76. The van der Waals surface area contributed by atoms with Gasteiger partial charge in [0.1, 0.15) is 6.61 Å². The molecule has 1 heterocycles. The standard InChI is InChI=1S/C18H23NO2/c1-17(2)11-21-16(19-17)18(3,4)14-9-7-13(8-10-14)15(20)12-5-6-12/h7-10,12H,5-6,11H2,1-4H3. The van der Waals surface area contributed by atoms with Crippen molar-refractivity contribution >= 4 is 11.7 Å². The summed E-state index contributed by atoms with van der Waals surface area (Å²) >= 11 is 0.